The number of aromatic nitrogens is 2. The van der Waals surface area contributed by atoms with E-state index in [9.17, 15) is 13.2 Å². The van der Waals surface area contributed by atoms with E-state index in [2.05, 4.69) is 10.2 Å². The van der Waals surface area contributed by atoms with Gasteiger partial charge in [0, 0.05) is 5.56 Å². The Hall–Kier alpha value is -2.57. The van der Waals surface area contributed by atoms with Crippen molar-refractivity contribution in [2.24, 2.45) is 0 Å². The first-order valence-electron chi connectivity index (χ1n) is 5.59. The van der Waals surface area contributed by atoms with Crippen LogP contribution in [0.5, 0.6) is 0 Å². The molecule has 7 heteroatoms. The lowest BCUT2D eigenvalue weighted by molar-refractivity contribution is -0.137. The van der Waals surface area contributed by atoms with Crippen molar-refractivity contribution in [1.82, 2.24) is 10.2 Å². The van der Waals surface area contributed by atoms with Crippen LogP contribution < -0.4 is 0 Å². The second kappa shape index (κ2) is 4.52. The largest absolute Gasteiger partial charge is 0.459 e. The Labute approximate surface area is 110 Å². The summed E-state index contributed by atoms with van der Waals surface area (Å²) in [6.45, 7) is 0. The minimum Gasteiger partial charge on any atom is -0.459 e. The maximum absolute atomic E-state index is 12.4. The molecular formula is C13H7F3N2O2. The molecule has 0 spiro atoms. The van der Waals surface area contributed by atoms with Crippen molar-refractivity contribution in [3.63, 3.8) is 0 Å². The third-order valence-electron chi connectivity index (χ3n) is 2.62. The highest BCUT2D eigenvalue weighted by atomic mass is 19.4. The van der Waals surface area contributed by atoms with Gasteiger partial charge in [0.25, 0.3) is 5.89 Å². The molecule has 0 fully saturated rings. The van der Waals surface area contributed by atoms with Gasteiger partial charge in [-0.05, 0) is 36.4 Å². The summed E-state index contributed by atoms with van der Waals surface area (Å²) in [5, 5.41) is 7.55. The summed E-state index contributed by atoms with van der Waals surface area (Å²) in [6, 6.07) is 7.80. The van der Waals surface area contributed by atoms with Crippen molar-refractivity contribution in [3.8, 4) is 23.1 Å². The van der Waals surface area contributed by atoms with Gasteiger partial charge in [-0.2, -0.15) is 13.2 Å². The number of furan rings is 1. The van der Waals surface area contributed by atoms with Crippen LogP contribution in [-0.4, -0.2) is 10.2 Å². The molecule has 3 rings (SSSR count). The predicted octanol–water partition coefficient (Wildman–Crippen LogP) is 4.02. The molecule has 0 aliphatic rings. The van der Waals surface area contributed by atoms with Gasteiger partial charge in [-0.1, -0.05) is 0 Å². The minimum absolute atomic E-state index is 0.130. The molecule has 102 valence electrons. The van der Waals surface area contributed by atoms with Crippen LogP contribution in [0.15, 0.2) is 51.5 Å². The van der Waals surface area contributed by atoms with E-state index < -0.39 is 11.7 Å². The first-order valence-corrected chi connectivity index (χ1v) is 5.59. The third-order valence-corrected chi connectivity index (χ3v) is 2.62. The topological polar surface area (TPSA) is 52.1 Å². The zero-order valence-corrected chi connectivity index (χ0v) is 9.89. The molecule has 4 nitrogen and oxygen atoms in total. The van der Waals surface area contributed by atoms with Gasteiger partial charge in [0.05, 0.1) is 11.8 Å². The van der Waals surface area contributed by atoms with Gasteiger partial charge in [0.1, 0.15) is 0 Å². The van der Waals surface area contributed by atoms with Crippen LogP contribution in [0.3, 0.4) is 0 Å². The molecule has 0 amide bonds. The summed E-state index contributed by atoms with van der Waals surface area (Å²) in [6.07, 6.45) is -2.91. The van der Waals surface area contributed by atoms with Gasteiger partial charge in [-0.3, -0.25) is 0 Å². The Kier molecular flexibility index (Phi) is 2.81. The second-order valence-electron chi connectivity index (χ2n) is 3.96. The van der Waals surface area contributed by atoms with Crippen molar-refractivity contribution < 1.29 is 22.0 Å². The van der Waals surface area contributed by atoms with Crippen LogP contribution in [-0.2, 0) is 6.18 Å². The number of nitrogens with zero attached hydrogens (tertiary/aromatic N) is 2. The number of hydrogen-bond donors (Lipinski definition) is 0. The Morgan fingerprint density at radius 2 is 1.60 bits per heavy atom. The van der Waals surface area contributed by atoms with Crippen molar-refractivity contribution in [3.05, 3.63) is 48.2 Å². The summed E-state index contributed by atoms with van der Waals surface area (Å²) in [5.41, 5.74) is -0.324. The molecule has 0 saturated carbocycles. The van der Waals surface area contributed by atoms with Crippen LogP contribution in [0.2, 0.25) is 0 Å². The summed E-state index contributed by atoms with van der Waals surface area (Å²) in [7, 11) is 0. The average molecular weight is 280 g/mol. The summed E-state index contributed by atoms with van der Waals surface area (Å²) in [4.78, 5) is 0. The number of alkyl halides is 3. The van der Waals surface area contributed by atoms with Crippen LogP contribution in [0, 0.1) is 0 Å². The number of rotatable bonds is 2. The van der Waals surface area contributed by atoms with E-state index in [-0.39, 0.29) is 11.8 Å². The van der Waals surface area contributed by atoms with Gasteiger partial charge >= 0.3 is 6.18 Å². The van der Waals surface area contributed by atoms with E-state index in [1.54, 1.807) is 12.1 Å². The fourth-order valence-electron chi connectivity index (χ4n) is 1.64. The molecule has 2 heterocycles. The maximum atomic E-state index is 12.4. The van der Waals surface area contributed by atoms with Gasteiger partial charge in [0.2, 0.25) is 5.89 Å². The molecule has 0 bridgehead atoms. The van der Waals surface area contributed by atoms with Crippen molar-refractivity contribution in [1.29, 1.82) is 0 Å². The molecule has 0 radical (unpaired) electrons. The lowest BCUT2D eigenvalue weighted by Crippen LogP contribution is -2.03. The summed E-state index contributed by atoms with van der Waals surface area (Å²) < 4.78 is 47.8. The van der Waals surface area contributed by atoms with E-state index in [1.165, 1.54) is 18.4 Å². The van der Waals surface area contributed by atoms with Crippen LogP contribution in [0.4, 0.5) is 13.2 Å². The van der Waals surface area contributed by atoms with Crippen molar-refractivity contribution in [2.75, 3.05) is 0 Å². The SMILES string of the molecule is FC(F)(F)c1ccc(-c2nnc(-c3ccco3)o2)cc1. The fraction of sp³-hybridized carbons (Fsp3) is 0.0769. The number of hydrogen-bond acceptors (Lipinski definition) is 4. The second-order valence-corrected chi connectivity index (χ2v) is 3.96. The van der Waals surface area contributed by atoms with Gasteiger partial charge in [-0.25, -0.2) is 0 Å². The zero-order valence-electron chi connectivity index (χ0n) is 9.89. The molecule has 20 heavy (non-hydrogen) atoms. The smallest absolute Gasteiger partial charge is 0.416 e. The number of benzene rings is 1. The van der Waals surface area contributed by atoms with Crippen LogP contribution >= 0.6 is 0 Å². The van der Waals surface area contributed by atoms with E-state index in [0.717, 1.165) is 12.1 Å². The Morgan fingerprint density at radius 1 is 0.900 bits per heavy atom. The lowest BCUT2D eigenvalue weighted by Gasteiger charge is -2.05. The minimum atomic E-state index is -4.37. The van der Waals surface area contributed by atoms with Crippen LogP contribution in [0.25, 0.3) is 23.1 Å². The number of halogens is 3. The van der Waals surface area contributed by atoms with E-state index in [1.807, 2.05) is 0 Å². The predicted molar refractivity (Wildman–Crippen MR) is 62.4 cm³/mol. The van der Waals surface area contributed by atoms with E-state index in [0.29, 0.717) is 11.3 Å². The van der Waals surface area contributed by atoms with E-state index >= 15 is 0 Å². The normalized spacial score (nSPS) is 11.8. The Balaban J connectivity index is 1.90. The molecule has 0 N–H and O–H groups in total. The summed E-state index contributed by atoms with van der Waals surface area (Å²) >= 11 is 0. The molecular weight excluding hydrogens is 273 g/mol. The van der Waals surface area contributed by atoms with E-state index in [4.69, 9.17) is 8.83 Å². The van der Waals surface area contributed by atoms with Crippen LogP contribution in [0.1, 0.15) is 5.56 Å². The standard InChI is InChI=1S/C13H7F3N2O2/c14-13(15,16)9-5-3-8(4-6-9)11-17-18-12(20-11)10-2-1-7-19-10/h1-7H. The van der Waals surface area contributed by atoms with Crippen molar-refractivity contribution >= 4 is 0 Å². The molecule has 3 aromatic rings. The molecule has 2 aromatic heterocycles. The van der Waals surface area contributed by atoms with Crippen molar-refractivity contribution in [2.45, 2.75) is 6.18 Å². The Bertz CT molecular complexity index is 700. The molecule has 0 aliphatic heterocycles. The van der Waals surface area contributed by atoms with Gasteiger partial charge in [0.15, 0.2) is 5.76 Å². The van der Waals surface area contributed by atoms with Gasteiger partial charge in [-0.15, -0.1) is 10.2 Å². The average Bonchev–Trinajstić information content (AvgIpc) is 3.09. The molecule has 1 aromatic carbocycles. The maximum Gasteiger partial charge on any atom is 0.416 e. The fourth-order valence-corrected chi connectivity index (χ4v) is 1.64. The Morgan fingerprint density at radius 3 is 2.20 bits per heavy atom. The molecule has 0 unspecified atom stereocenters. The lowest BCUT2D eigenvalue weighted by atomic mass is 10.1. The quantitative estimate of drug-likeness (QED) is 0.711. The highest BCUT2D eigenvalue weighted by Gasteiger charge is 2.30. The first kappa shape index (κ1) is 12.5. The van der Waals surface area contributed by atoms with Gasteiger partial charge < -0.3 is 8.83 Å². The highest BCUT2D eigenvalue weighted by molar-refractivity contribution is 5.55. The highest BCUT2D eigenvalue weighted by Crippen LogP contribution is 2.31. The first-order chi connectivity index (χ1) is 9.54. The monoisotopic (exact) mass is 280 g/mol. The molecule has 0 saturated heterocycles. The molecule has 0 aliphatic carbocycles. The summed E-state index contributed by atoms with van der Waals surface area (Å²) in [5.74, 6) is 0.700. The zero-order chi connectivity index (χ0) is 14.2. The third kappa shape index (κ3) is 2.29. The molecule has 0 atom stereocenters.